The largest absolute Gasteiger partial charge is 0.493 e. The summed E-state index contributed by atoms with van der Waals surface area (Å²) < 4.78 is 5.95. The van der Waals surface area contributed by atoms with Crippen LogP contribution in [-0.4, -0.2) is 6.61 Å². The maximum Gasteiger partial charge on any atom is 0.123 e. The Bertz CT molecular complexity index is 485. The number of hydrogen-bond donors (Lipinski definition) is 0. The van der Waals surface area contributed by atoms with Crippen LogP contribution in [0.15, 0.2) is 6.07 Å². The Balaban J connectivity index is 3.31. The normalized spacial score (nSPS) is 12.0. The average molecular weight is 293 g/mol. The predicted molar refractivity (Wildman–Crippen MR) is 87.8 cm³/mol. The lowest BCUT2D eigenvalue weighted by atomic mass is 9.87. The van der Waals surface area contributed by atoms with Gasteiger partial charge in [-0.15, -0.1) is 12.3 Å². The van der Waals surface area contributed by atoms with Crippen molar-refractivity contribution in [3.8, 4) is 18.1 Å². The van der Waals surface area contributed by atoms with E-state index in [9.17, 15) is 0 Å². The molecule has 0 aliphatic rings. The smallest absolute Gasteiger partial charge is 0.123 e. The third-order valence-corrected chi connectivity index (χ3v) is 4.15. The van der Waals surface area contributed by atoms with Gasteiger partial charge >= 0.3 is 0 Å². The summed E-state index contributed by atoms with van der Waals surface area (Å²) in [7, 11) is 0. The molecular formula is C18H25ClO. The minimum absolute atomic E-state index is 0.329. The number of rotatable bonds is 7. The molecule has 0 saturated carbocycles. The van der Waals surface area contributed by atoms with Crippen LogP contribution in [-0.2, 0) is 0 Å². The van der Waals surface area contributed by atoms with Crippen molar-refractivity contribution in [2.24, 2.45) is 0 Å². The Morgan fingerprint density at radius 3 is 2.55 bits per heavy atom. The minimum atomic E-state index is 0.329. The van der Waals surface area contributed by atoms with Gasteiger partial charge in [-0.2, -0.15) is 0 Å². The molecule has 0 saturated heterocycles. The molecule has 0 aliphatic heterocycles. The van der Waals surface area contributed by atoms with Crippen molar-refractivity contribution >= 4 is 11.6 Å². The van der Waals surface area contributed by atoms with Crippen LogP contribution >= 0.6 is 11.6 Å². The van der Waals surface area contributed by atoms with Gasteiger partial charge in [0.1, 0.15) is 5.75 Å². The van der Waals surface area contributed by atoms with Crippen LogP contribution in [0, 0.1) is 26.2 Å². The highest BCUT2D eigenvalue weighted by atomic mass is 35.5. The van der Waals surface area contributed by atoms with E-state index in [1.165, 1.54) is 5.56 Å². The molecule has 0 aliphatic carbocycles. The fourth-order valence-electron chi connectivity index (χ4n) is 2.61. The second kappa shape index (κ2) is 8.22. The highest BCUT2D eigenvalue weighted by Crippen LogP contribution is 2.39. The number of aryl methyl sites for hydroxylation is 1. The molecule has 0 aromatic heterocycles. The third-order valence-electron chi connectivity index (χ3n) is 3.56. The van der Waals surface area contributed by atoms with Gasteiger partial charge in [-0.1, -0.05) is 31.9 Å². The monoisotopic (exact) mass is 292 g/mol. The summed E-state index contributed by atoms with van der Waals surface area (Å²) in [6.45, 7) is 9.11. The van der Waals surface area contributed by atoms with E-state index in [-0.39, 0.29) is 0 Å². The molecule has 0 amide bonds. The molecule has 1 nitrogen and oxygen atoms in total. The zero-order chi connectivity index (χ0) is 15.1. The fourth-order valence-corrected chi connectivity index (χ4v) is 2.77. The molecule has 110 valence electrons. The van der Waals surface area contributed by atoms with E-state index in [2.05, 4.69) is 32.8 Å². The summed E-state index contributed by atoms with van der Waals surface area (Å²) in [5, 5.41) is 0.835. The Kier molecular flexibility index (Phi) is 6.96. The summed E-state index contributed by atoms with van der Waals surface area (Å²) in [5.74, 6) is 4.08. The quantitative estimate of drug-likeness (QED) is 0.590. The first-order valence-corrected chi connectivity index (χ1v) is 7.80. The van der Waals surface area contributed by atoms with Crippen LogP contribution in [0.2, 0.25) is 5.02 Å². The van der Waals surface area contributed by atoms with Crippen molar-refractivity contribution in [2.75, 3.05) is 6.61 Å². The van der Waals surface area contributed by atoms with E-state index in [0.717, 1.165) is 54.2 Å². The Morgan fingerprint density at radius 2 is 2.00 bits per heavy atom. The summed E-state index contributed by atoms with van der Waals surface area (Å²) in [4.78, 5) is 0. The van der Waals surface area contributed by atoms with Crippen LogP contribution in [0.5, 0.6) is 5.75 Å². The molecule has 1 aromatic rings. The molecule has 1 rings (SSSR count). The molecule has 1 atom stereocenters. The Morgan fingerprint density at radius 1 is 1.30 bits per heavy atom. The van der Waals surface area contributed by atoms with Gasteiger partial charge in [-0.25, -0.2) is 0 Å². The molecule has 0 radical (unpaired) electrons. The fraction of sp³-hybridized carbons (Fsp3) is 0.556. The maximum atomic E-state index is 6.43. The van der Waals surface area contributed by atoms with Crippen LogP contribution in [0.25, 0.3) is 0 Å². The first kappa shape index (κ1) is 16.9. The van der Waals surface area contributed by atoms with E-state index in [4.69, 9.17) is 22.8 Å². The lowest BCUT2D eigenvalue weighted by molar-refractivity contribution is 0.311. The SMILES string of the molecule is C#CCC(CCC)c1c(OCCC)cc(C)c(Cl)c1C. The van der Waals surface area contributed by atoms with E-state index >= 15 is 0 Å². The van der Waals surface area contributed by atoms with Crippen molar-refractivity contribution < 1.29 is 4.74 Å². The zero-order valence-electron chi connectivity index (χ0n) is 13.1. The van der Waals surface area contributed by atoms with Gasteiger partial charge in [0.15, 0.2) is 0 Å². The van der Waals surface area contributed by atoms with Crippen LogP contribution in [0.3, 0.4) is 0 Å². The van der Waals surface area contributed by atoms with E-state index in [1.807, 2.05) is 6.92 Å². The zero-order valence-corrected chi connectivity index (χ0v) is 13.8. The summed E-state index contributed by atoms with van der Waals surface area (Å²) in [6.07, 6.45) is 9.43. The molecule has 2 heteroatoms. The molecule has 0 spiro atoms. The molecular weight excluding hydrogens is 268 g/mol. The van der Waals surface area contributed by atoms with Crippen molar-refractivity contribution in [1.82, 2.24) is 0 Å². The summed E-state index contributed by atoms with van der Waals surface area (Å²) >= 11 is 6.43. The van der Waals surface area contributed by atoms with E-state index in [1.54, 1.807) is 0 Å². The highest BCUT2D eigenvalue weighted by molar-refractivity contribution is 6.32. The lowest BCUT2D eigenvalue weighted by Gasteiger charge is -2.23. The second-order valence-corrected chi connectivity index (χ2v) is 5.66. The second-order valence-electron chi connectivity index (χ2n) is 5.29. The van der Waals surface area contributed by atoms with Crippen molar-refractivity contribution in [2.45, 2.75) is 59.3 Å². The summed E-state index contributed by atoms with van der Waals surface area (Å²) in [5.41, 5.74) is 3.38. The van der Waals surface area contributed by atoms with Gasteiger partial charge in [0.05, 0.1) is 6.61 Å². The molecule has 0 fully saturated rings. The number of benzene rings is 1. The summed E-state index contributed by atoms with van der Waals surface area (Å²) in [6, 6.07) is 2.06. The van der Waals surface area contributed by atoms with E-state index < -0.39 is 0 Å². The first-order chi connectivity index (χ1) is 9.56. The molecule has 20 heavy (non-hydrogen) atoms. The number of hydrogen-bond acceptors (Lipinski definition) is 1. The Hall–Kier alpha value is -1.13. The lowest BCUT2D eigenvalue weighted by Crippen LogP contribution is -2.07. The number of halogens is 1. The predicted octanol–water partition coefficient (Wildman–Crippen LogP) is 5.65. The standard InChI is InChI=1S/C18H25ClO/c1-6-9-15(10-7-2)17-14(5)18(19)13(4)12-16(17)20-11-8-3/h1,12,15H,7-11H2,2-5H3. The number of terminal acetylenes is 1. The van der Waals surface area contributed by atoms with Crippen molar-refractivity contribution in [3.05, 3.63) is 27.8 Å². The third kappa shape index (κ3) is 3.93. The van der Waals surface area contributed by atoms with E-state index in [0.29, 0.717) is 5.92 Å². The highest BCUT2D eigenvalue weighted by Gasteiger charge is 2.20. The minimum Gasteiger partial charge on any atom is -0.493 e. The molecule has 0 N–H and O–H groups in total. The molecule has 0 bridgehead atoms. The first-order valence-electron chi connectivity index (χ1n) is 7.42. The van der Waals surface area contributed by atoms with Gasteiger partial charge in [0.2, 0.25) is 0 Å². The molecule has 1 aromatic carbocycles. The van der Waals surface area contributed by atoms with Gasteiger partial charge in [-0.3, -0.25) is 0 Å². The maximum absolute atomic E-state index is 6.43. The Labute approximate surface area is 128 Å². The molecule has 0 heterocycles. The topological polar surface area (TPSA) is 9.23 Å². The van der Waals surface area contributed by atoms with Crippen molar-refractivity contribution in [1.29, 1.82) is 0 Å². The van der Waals surface area contributed by atoms with Gasteiger partial charge in [-0.05, 0) is 49.8 Å². The van der Waals surface area contributed by atoms with Crippen LogP contribution in [0.1, 0.15) is 62.1 Å². The van der Waals surface area contributed by atoms with Crippen LogP contribution < -0.4 is 4.74 Å². The van der Waals surface area contributed by atoms with Crippen molar-refractivity contribution in [3.63, 3.8) is 0 Å². The molecule has 1 unspecified atom stereocenters. The van der Waals surface area contributed by atoms with Gasteiger partial charge < -0.3 is 4.74 Å². The van der Waals surface area contributed by atoms with Crippen LogP contribution in [0.4, 0.5) is 0 Å². The van der Waals surface area contributed by atoms with Gasteiger partial charge in [0.25, 0.3) is 0 Å². The van der Waals surface area contributed by atoms with Gasteiger partial charge in [0, 0.05) is 17.0 Å². The average Bonchev–Trinajstić information content (AvgIpc) is 2.42. The number of ether oxygens (including phenoxy) is 1.